The number of nitrogens with one attached hydrogen (secondary N) is 1. The number of benzene rings is 1. The van der Waals surface area contributed by atoms with Crippen LogP contribution in [0.3, 0.4) is 0 Å². The van der Waals surface area contributed by atoms with Crippen molar-refractivity contribution in [3.05, 3.63) is 61.7 Å². The second-order valence-corrected chi connectivity index (χ2v) is 5.28. The molecule has 1 N–H and O–H groups in total. The minimum atomic E-state index is -0.863. The molecule has 0 unspecified atom stereocenters. The lowest BCUT2D eigenvalue weighted by molar-refractivity contribution is -0.384. The molecule has 0 fully saturated rings. The average molecular weight is 387 g/mol. The third-order valence-electron chi connectivity index (χ3n) is 2.54. The summed E-state index contributed by atoms with van der Waals surface area (Å²) in [6.07, 6.45) is -0.863. The molecule has 114 valence electrons. The fraction of sp³-hybridized carbons (Fsp3) is 0.0769. The first-order valence-corrected chi connectivity index (χ1v) is 7.12. The predicted octanol–water partition coefficient (Wildman–Crippen LogP) is 4.15. The highest BCUT2D eigenvalue weighted by Gasteiger charge is 2.21. The predicted molar refractivity (Wildman–Crippen MR) is 83.9 cm³/mol. The van der Waals surface area contributed by atoms with Gasteiger partial charge in [0.1, 0.15) is 11.8 Å². The maximum absolute atomic E-state index is 11.7. The Labute approximate surface area is 138 Å². The average Bonchev–Trinajstić information content (AvgIpc) is 2.49. The molecule has 9 heteroatoms. The fourth-order valence-corrected chi connectivity index (χ4v) is 1.99. The first-order valence-electron chi connectivity index (χ1n) is 5.95. The molecule has 0 radical (unpaired) electrons. The van der Waals surface area contributed by atoms with Crippen LogP contribution >= 0.6 is 27.5 Å². The Hall–Kier alpha value is -2.19. The van der Waals surface area contributed by atoms with Gasteiger partial charge in [0.2, 0.25) is 5.82 Å². The van der Waals surface area contributed by atoms with E-state index in [1.54, 1.807) is 24.3 Å². The van der Waals surface area contributed by atoms with E-state index < -0.39 is 16.7 Å². The summed E-state index contributed by atoms with van der Waals surface area (Å²) < 4.78 is 5.22. The van der Waals surface area contributed by atoms with Crippen LogP contribution in [-0.2, 0) is 11.3 Å². The number of amides is 1. The van der Waals surface area contributed by atoms with Crippen molar-refractivity contribution in [2.75, 3.05) is 5.32 Å². The van der Waals surface area contributed by atoms with Crippen LogP contribution in [0.25, 0.3) is 0 Å². The Kier molecular flexibility index (Phi) is 5.29. The van der Waals surface area contributed by atoms with Crippen molar-refractivity contribution >= 4 is 45.1 Å². The summed E-state index contributed by atoms with van der Waals surface area (Å²) >= 11 is 8.81. The number of halogens is 2. The Bertz CT molecular complexity index is 712. The fourth-order valence-electron chi connectivity index (χ4n) is 1.54. The molecule has 0 atom stereocenters. The summed E-state index contributed by atoms with van der Waals surface area (Å²) in [5, 5.41) is 13.2. The van der Waals surface area contributed by atoms with Crippen LogP contribution in [-0.4, -0.2) is 16.0 Å². The second-order valence-electron chi connectivity index (χ2n) is 4.07. The molecule has 0 spiro atoms. The second kappa shape index (κ2) is 7.19. The molecule has 0 saturated carbocycles. The summed E-state index contributed by atoms with van der Waals surface area (Å²) in [5.74, 6) is -0.281. The van der Waals surface area contributed by atoms with Gasteiger partial charge in [0.15, 0.2) is 0 Å². The molecule has 0 aliphatic rings. The number of anilines is 1. The minimum Gasteiger partial charge on any atom is -0.444 e. The van der Waals surface area contributed by atoms with Gasteiger partial charge < -0.3 is 4.74 Å². The van der Waals surface area contributed by atoms with E-state index in [-0.39, 0.29) is 22.1 Å². The van der Waals surface area contributed by atoms with E-state index in [4.69, 9.17) is 16.3 Å². The number of hydrogen-bond donors (Lipinski definition) is 1. The van der Waals surface area contributed by atoms with E-state index in [1.807, 2.05) is 6.07 Å². The van der Waals surface area contributed by atoms with E-state index in [1.165, 1.54) is 0 Å². The highest BCUT2D eigenvalue weighted by molar-refractivity contribution is 9.10. The highest BCUT2D eigenvalue weighted by atomic mass is 79.9. The van der Waals surface area contributed by atoms with Crippen LogP contribution < -0.4 is 5.32 Å². The van der Waals surface area contributed by atoms with Crippen LogP contribution in [0.15, 0.2) is 40.9 Å². The van der Waals surface area contributed by atoms with E-state index >= 15 is 0 Å². The molecule has 0 saturated heterocycles. The van der Waals surface area contributed by atoms with Crippen molar-refractivity contribution in [1.82, 2.24) is 4.98 Å². The van der Waals surface area contributed by atoms with Gasteiger partial charge >= 0.3 is 11.8 Å². The normalized spacial score (nSPS) is 10.1. The standard InChI is InChI=1S/C13H9BrClN3O4/c14-9-6-10(18(20)21)12(16-11(9)15)17-13(19)22-7-8-4-2-1-3-5-8/h1-6H,7H2,(H,16,17,19). The SMILES string of the molecule is O=C(Nc1nc(Cl)c(Br)cc1[N+](=O)[O-])OCc1ccccc1. The summed E-state index contributed by atoms with van der Waals surface area (Å²) in [6, 6.07) is 10.2. The summed E-state index contributed by atoms with van der Waals surface area (Å²) in [5.41, 5.74) is 0.391. The third-order valence-corrected chi connectivity index (χ3v) is 3.66. The Morgan fingerprint density at radius 1 is 1.41 bits per heavy atom. The maximum Gasteiger partial charge on any atom is 0.413 e. The summed E-state index contributed by atoms with van der Waals surface area (Å²) in [6.45, 7) is 0.0325. The largest absolute Gasteiger partial charge is 0.444 e. The molecule has 22 heavy (non-hydrogen) atoms. The number of aromatic nitrogens is 1. The van der Waals surface area contributed by atoms with Crippen molar-refractivity contribution in [3.8, 4) is 0 Å². The van der Waals surface area contributed by atoms with E-state index in [9.17, 15) is 14.9 Å². The first-order chi connectivity index (χ1) is 10.5. The van der Waals surface area contributed by atoms with Crippen LogP contribution in [0, 0.1) is 10.1 Å². The number of hydrogen-bond acceptors (Lipinski definition) is 5. The van der Waals surface area contributed by atoms with Crippen molar-refractivity contribution < 1.29 is 14.5 Å². The molecule has 1 heterocycles. The van der Waals surface area contributed by atoms with E-state index in [2.05, 4.69) is 26.2 Å². The van der Waals surface area contributed by atoms with Crippen molar-refractivity contribution in [1.29, 1.82) is 0 Å². The van der Waals surface area contributed by atoms with E-state index in [0.29, 0.717) is 0 Å². The number of ether oxygens (including phenoxy) is 1. The molecule has 0 aliphatic heterocycles. The minimum absolute atomic E-state index is 0.0102. The monoisotopic (exact) mass is 385 g/mol. The lowest BCUT2D eigenvalue weighted by Gasteiger charge is -2.07. The molecular weight excluding hydrogens is 378 g/mol. The van der Waals surface area contributed by atoms with Crippen molar-refractivity contribution in [3.63, 3.8) is 0 Å². The smallest absolute Gasteiger partial charge is 0.413 e. The lowest BCUT2D eigenvalue weighted by Crippen LogP contribution is -2.15. The van der Waals surface area contributed by atoms with Gasteiger partial charge in [-0.25, -0.2) is 9.78 Å². The van der Waals surface area contributed by atoms with Gasteiger partial charge in [0, 0.05) is 6.07 Å². The Morgan fingerprint density at radius 2 is 2.09 bits per heavy atom. The van der Waals surface area contributed by atoms with Crippen molar-refractivity contribution in [2.24, 2.45) is 0 Å². The number of nitro groups is 1. The third kappa shape index (κ3) is 4.15. The van der Waals surface area contributed by atoms with Gasteiger partial charge in [-0.2, -0.15) is 0 Å². The van der Waals surface area contributed by atoms with Crippen LogP contribution in [0.5, 0.6) is 0 Å². The molecule has 1 aromatic carbocycles. The number of rotatable bonds is 4. The van der Waals surface area contributed by atoms with Crippen LogP contribution in [0.4, 0.5) is 16.3 Å². The number of carbonyl (C=O) groups excluding carboxylic acids is 1. The highest BCUT2D eigenvalue weighted by Crippen LogP contribution is 2.31. The Balaban J connectivity index is 2.08. The molecule has 0 aliphatic carbocycles. The quantitative estimate of drug-likeness (QED) is 0.484. The molecule has 2 aromatic rings. The molecule has 1 amide bonds. The molecule has 1 aromatic heterocycles. The number of pyridine rings is 1. The lowest BCUT2D eigenvalue weighted by atomic mass is 10.2. The molecule has 2 rings (SSSR count). The van der Waals surface area contributed by atoms with Gasteiger partial charge in [-0.1, -0.05) is 41.9 Å². The van der Waals surface area contributed by atoms with Gasteiger partial charge in [-0.15, -0.1) is 0 Å². The Morgan fingerprint density at radius 3 is 2.73 bits per heavy atom. The topological polar surface area (TPSA) is 94.4 Å². The van der Waals surface area contributed by atoms with Gasteiger partial charge in [0.05, 0.1) is 9.40 Å². The van der Waals surface area contributed by atoms with Gasteiger partial charge in [0.25, 0.3) is 0 Å². The van der Waals surface area contributed by atoms with Crippen LogP contribution in [0.2, 0.25) is 5.15 Å². The summed E-state index contributed by atoms with van der Waals surface area (Å²) in [4.78, 5) is 25.7. The number of nitrogens with zero attached hydrogens (tertiary/aromatic N) is 2. The summed E-state index contributed by atoms with van der Waals surface area (Å²) in [7, 11) is 0. The zero-order valence-corrected chi connectivity index (χ0v) is 13.3. The molecular formula is C13H9BrClN3O4. The molecule has 0 bridgehead atoms. The number of carbonyl (C=O) groups is 1. The zero-order valence-electron chi connectivity index (χ0n) is 11.0. The van der Waals surface area contributed by atoms with E-state index in [0.717, 1.165) is 11.6 Å². The van der Waals surface area contributed by atoms with Crippen LogP contribution in [0.1, 0.15) is 5.56 Å². The molecule has 7 nitrogen and oxygen atoms in total. The zero-order chi connectivity index (χ0) is 16.1. The van der Waals surface area contributed by atoms with Gasteiger partial charge in [-0.05, 0) is 21.5 Å². The van der Waals surface area contributed by atoms with Gasteiger partial charge in [-0.3, -0.25) is 15.4 Å². The first kappa shape index (κ1) is 16.2. The van der Waals surface area contributed by atoms with Crippen molar-refractivity contribution in [2.45, 2.75) is 6.61 Å². The maximum atomic E-state index is 11.7.